The topological polar surface area (TPSA) is 42.4 Å². The third kappa shape index (κ3) is 4.73. The number of hydrogen-bond donors (Lipinski definition) is 1. The molecular formula is C20H35NO2Sn. The van der Waals surface area contributed by atoms with Crippen molar-refractivity contribution in [2.24, 2.45) is 0 Å². The van der Waals surface area contributed by atoms with E-state index in [2.05, 4.69) is 44.1 Å². The molecule has 1 fully saturated rings. The van der Waals surface area contributed by atoms with Gasteiger partial charge in [-0.15, -0.1) is 0 Å². The fourth-order valence-electron chi connectivity index (χ4n) is 3.78. The molecule has 0 aromatic carbocycles. The van der Waals surface area contributed by atoms with Gasteiger partial charge in [0.2, 0.25) is 0 Å². The van der Waals surface area contributed by atoms with Gasteiger partial charge in [-0.25, -0.2) is 0 Å². The molecule has 0 amide bonds. The van der Waals surface area contributed by atoms with Crippen LogP contribution in [0.5, 0.6) is 0 Å². The van der Waals surface area contributed by atoms with Gasteiger partial charge in [-0.1, -0.05) is 0 Å². The van der Waals surface area contributed by atoms with Gasteiger partial charge < -0.3 is 0 Å². The summed E-state index contributed by atoms with van der Waals surface area (Å²) in [6.07, 6.45) is 10.1. The quantitative estimate of drug-likeness (QED) is 0.521. The second kappa shape index (κ2) is 9.53. The van der Waals surface area contributed by atoms with Crippen molar-refractivity contribution in [1.29, 1.82) is 0 Å². The Morgan fingerprint density at radius 1 is 1.00 bits per heavy atom. The number of aliphatic hydroxyl groups is 1. The summed E-state index contributed by atoms with van der Waals surface area (Å²) in [6.45, 7) is 7.70. The molecule has 1 N–H and O–H groups in total. The second-order valence-electron chi connectivity index (χ2n) is 7.55. The molecular weight excluding hydrogens is 405 g/mol. The Balaban J connectivity index is 2.25. The van der Waals surface area contributed by atoms with Crippen LogP contribution in [-0.4, -0.2) is 41.7 Å². The average molecular weight is 440 g/mol. The van der Waals surface area contributed by atoms with Crippen LogP contribution in [0.1, 0.15) is 65.0 Å². The zero-order chi connectivity index (χ0) is 17.5. The summed E-state index contributed by atoms with van der Waals surface area (Å²) in [5.74, 6) is 0. The number of ether oxygens (including phenoxy) is 1. The Morgan fingerprint density at radius 2 is 1.54 bits per heavy atom. The molecule has 0 unspecified atom stereocenters. The molecule has 0 bridgehead atoms. The molecule has 0 radical (unpaired) electrons. The summed E-state index contributed by atoms with van der Waals surface area (Å²) in [5, 5.41) is 10.4. The molecule has 1 aromatic rings. The molecule has 1 aliphatic heterocycles. The summed E-state index contributed by atoms with van der Waals surface area (Å²) >= 11 is -2.38. The van der Waals surface area contributed by atoms with Gasteiger partial charge in [0.05, 0.1) is 0 Å². The molecule has 0 atom stereocenters. The van der Waals surface area contributed by atoms with Crippen LogP contribution in [0.3, 0.4) is 0 Å². The Labute approximate surface area is 152 Å². The number of rotatable bonds is 11. The minimum atomic E-state index is -2.38. The first kappa shape index (κ1) is 20.2. The maximum atomic E-state index is 10.4. The fraction of sp³-hybridized carbons (Fsp3) is 0.750. The predicted octanol–water partition coefficient (Wildman–Crippen LogP) is 4.36. The van der Waals surface area contributed by atoms with E-state index in [9.17, 15) is 5.11 Å². The van der Waals surface area contributed by atoms with Crippen LogP contribution >= 0.6 is 0 Å². The third-order valence-electron chi connectivity index (χ3n) is 5.56. The molecule has 2 heterocycles. The zero-order valence-electron chi connectivity index (χ0n) is 15.8. The molecule has 0 saturated carbocycles. The normalized spacial score (nSPS) is 16.8. The van der Waals surface area contributed by atoms with Gasteiger partial charge in [-0.05, 0) is 0 Å². The summed E-state index contributed by atoms with van der Waals surface area (Å²) in [5.41, 5.74) is -0.0494. The summed E-state index contributed by atoms with van der Waals surface area (Å²) in [7, 11) is 0. The molecule has 24 heavy (non-hydrogen) atoms. The van der Waals surface area contributed by atoms with E-state index in [1.807, 2.05) is 0 Å². The molecule has 1 aliphatic rings. The molecule has 0 spiro atoms. The first-order chi connectivity index (χ1) is 11.6. The van der Waals surface area contributed by atoms with E-state index in [1.165, 1.54) is 51.8 Å². The number of hydrogen-bond acceptors (Lipinski definition) is 3. The van der Waals surface area contributed by atoms with E-state index in [4.69, 9.17) is 4.74 Å². The van der Waals surface area contributed by atoms with Crippen molar-refractivity contribution in [2.75, 3.05) is 13.2 Å². The van der Waals surface area contributed by atoms with Crippen molar-refractivity contribution < 1.29 is 9.84 Å². The second-order valence-corrected chi connectivity index (χ2v) is 20.8. The van der Waals surface area contributed by atoms with E-state index in [0.717, 1.165) is 5.69 Å². The summed E-state index contributed by atoms with van der Waals surface area (Å²) < 4.78 is 11.1. The van der Waals surface area contributed by atoms with Gasteiger partial charge in [0, 0.05) is 0 Å². The van der Waals surface area contributed by atoms with Crippen LogP contribution in [-0.2, 0) is 10.3 Å². The van der Waals surface area contributed by atoms with Crippen LogP contribution in [0.15, 0.2) is 18.3 Å². The number of aromatic nitrogens is 1. The van der Waals surface area contributed by atoms with Gasteiger partial charge in [-0.2, -0.15) is 0 Å². The van der Waals surface area contributed by atoms with Crippen molar-refractivity contribution in [3.05, 3.63) is 24.0 Å². The van der Waals surface area contributed by atoms with Crippen molar-refractivity contribution >= 4 is 22.0 Å². The van der Waals surface area contributed by atoms with E-state index in [1.54, 1.807) is 3.58 Å². The van der Waals surface area contributed by atoms with Crippen LogP contribution in [0, 0.1) is 0 Å². The summed E-state index contributed by atoms with van der Waals surface area (Å²) in [4.78, 5) is 4.69. The third-order valence-corrected chi connectivity index (χ3v) is 21.1. The molecule has 1 aromatic heterocycles. The van der Waals surface area contributed by atoms with Crippen LogP contribution in [0.2, 0.25) is 13.3 Å². The van der Waals surface area contributed by atoms with E-state index < -0.39 is 24.0 Å². The Kier molecular flexibility index (Phi) is 8.02. The van der Waals surface area contributed by atoms with E-state index in [-0.39, 0.29) is 0 Å². The molecule has 4 heteroatoms. The van der Waals surface area contributed by atoms with Gasteiger partial charge in [0.25, 0.3) is 0 Å². The molecule has 136 valence electrons. The number of pyridine rings is 1. The van der Waals surface area contributed by atoms with Crippen LogP contribution in [0.4, 0.5) is 0 Å². The SMILES string of the molecule is CCC[CH2][Sn]([CH2]CCC)([CH2]CCC)[c]1ccc(C2(O)COC2)nc1. The van der Waals surface area contributed by atoms with Gasteiger partial charge >= 0.3 is 152 Å². The Bertz CT molecular complexity index is 463. The first-order valence-corrected chi connectivity index (χ1v) is 17.4. The Hall–Kier alpha value is -0.131. The standard InChI is InChI=1S/C8H8NO2.3C4H9.Sn/c10-8(5-11-6-8)7-3-1-2-4-9-7;3*1-3-4-2;/h1,3-4,10H,5-6H2;3*1,3-4H2,2H3;. The van der Waals surface area contributed by atoms with Crippen molar-refractivity contribution in [2.45, 2.75) is 78.2 Å². The summed E-state index contributed by atoms with van der Waals surface area (Å²) in [6, 6.07) is 4.39. The van der Waals surface area contributed by atoms with Gasteiger partial charge in [0.15, 0.2) is 0 Å². The van der Waals surface area contributed by atoms with E-state index in [0.29, 0.717) is 13.2 Å². The maximum absolute atomic E-state index is 10.4. The molecule has 0 aliphatic carbocycles. The monoisotopic (exact) mass is 441 g/mol. The van der Waals surface area contributed by atoms with Crippen LogP contribution in [0.25, 0.3) is 0 Å². The molecule has 1 saturated heterocycles. The predicted molar refractivity (Wildman–Crippen MR) is 103 cm³/mol. The van der Waals surface area contributed by atoms with Crippen molar-refractivity contribution in [1.82, 2.24) is 4.98 Å². The van der Waals surface area contributed by atoms with Crippen molar-refractivity contribution in [3.8, 4) is 0 Å². The van der Waals surface area contributed by atoms with Crippen LogP contribution < -0.4 is 3.58 Å². The Morgan fingerprint density at radius 3 is 1.88 bits per heavy atom. The fourth-order valence-corrected chi connectivity index (χ4v) is 19.4. The van der Waals surface area contributed by atoms with E-state index >= 15 is 0 Å². The van der Waals surface area contributed by atoms with Gasteiger partial charge in [-0.3, -0.25) is 0 Å². The van der Waals surface area contributed by atoms with Gasteiger partial charge in [0.1, 0.15) is 0 Å². The zero-order valence-corrected chi connectivity index (χ0v) is 18.7. The average Bonchev–Trinajstić information content (AvgIpc) is 2.59. The number of unbranched alkanes of at least 4 members (excludes halogenated alkanes) is 3. The minimum absolute atomic E-state index is 0.384. The molecule has 3 nitrogen and oxygen atoms in total. The molecule has 2 rings (SSSR count). The number of nitrogens with zero attached hydrogens (tertiary/aromatic N) is 1. The van der Waals surface area contributed by atoms with Crippen molar-refractivity contribution in [3.63, 3.8) is 0 Å². The first-order valence-electron chi connectivity index (χ1n) is 9.87.